The van der Waals surface area contributed by atoms with E-state index in [2.05, 4.69) is 5.32 Å². The minimum atomic E-state index is -0.0464. The summed E-state index contributed by atoms with van der Waals surface area (Å²) in [7, 11) is 0. The zero-order valence-corrected chi connectivity index (χ0v) is 12.8. The fourth-order valence-electron chi connectivity index (χ4n) is 3.05. The van der Waals surface area contributed by atoms with Crippen molar-refractivity contribution in [1.29, 1.82) is 0 Å². The number of para-hydroxylation sites is 1. The number of amides is 1. The van der Waals surface area contributed by atoms with E-state index in [4.69, 9.17) is 0 Å². The molecule has 22 heavy (non-hydrogen) atoms. The number of carbonyl (C=O) groups is 1. The van der Waals surface area contributed by atoms with E-state index >= 15 is 0 Å². The standard InChI is InChI=1S/C17H21N3O2/c1-13-3-2-4-14-5-6-16(22)20(17(13)14)10-7-15(21)19-11-8-18-9-12-19/h2-6,18H,7-12H2,1H3. The predicted octanol–water partition coefficient (Wildman–Crippen LogP) is 1.13. The first kappa shape index (κ1) is 14.8. The van der Waals surface area contributed by atoms with Crippen LogP contribution in [-0.2, 0) is 11.3 Å². The molecule has 1 fully saturated rings. The molecule has 5 nitrogen and oxygen atoms in total. The van der Waals surface area contributed by atoms with Crippen LogP contribution >= 0.6 is 0 Å². The van der Waals surface area contributed by atoms with Gasteiger partial charge < -0.3 is 14.8 Å². The van der Waals surface area contributed by atoms with Gasteiger partial charge in [-0.15, -0.1) is 0 Å². The summed E-state index contributed by atoms with van der Waals surface area (Å²) in [6, 6.07) is 9.40. The topological polar surface area (TPSA) is 54.3 Å². The number of pyridine rings is 1. The maximum atomic E-state index is 12.3. The molecule has 0 atom stereocenters. The Labute approximate surface area is 129 Å². The number of benzene rings is 1. The summed E-state index contributed by atoms with van der Waals surface area (Å²) < 4.78 is 1.73. The molecule has 0 unspecified atom stereocenters. The quantitative estimate of drug-likeness (QED) is 0.924. The van der Waals surface area contributed by atoms with Gasteiger partial charge in [-0.25, -0.2) is 0 Å². The van der Waals surface area contributed by atoms with Gasteiger partial charge in [-0.1, -0.05) is 18.2 Å². The van der Waals surface area contributed by atoms with Crippen molar-refractivity contribution in [2.24, 2.45) is 0 Å². The van der Waals surface area contributed by atoms with Crippen LogP contribution in [0.25, 0.3) is 10.9 Å². The van der Waals surface area contributed by atoms with E-state index in [1.165, 1.54) is 0 Å². The van der Waals surface area contributed by atoms with Crippen LogP contribution in [0.4, 0.5) is 0 Å². The molecule has 0 aliphatic carbocycles. The van der Waals surface area contributed by atoms with Gasteiger partial charge in [-0.2, -0.15) is 0 Å². The first-order chi connectivity index (χ1) is 10.7. The monoisotopic (exact) mass is 299 g/mol. The second-order valence-corrected chi connectivity index (χ2v) is 5.72. The van der Waals surface area contributed by atoms with Gasteiger partial charge in [0.05, 0.1) is 5.52 Å². The highest BCUT2D eigenvalue weighted by Gasteiger charge is 2.16. The molecule has 1 aliphatic rings. The van der Waals surface area contributed by atoms with Crippen LogP contribution in [0.2, 0.25) is 0 Å². The van der Waals surface area contributed by atoms with E-state index in [-0.39, 0.29) is 11.5 Å². The van der Waals surface area contributed by atoms with Gasteiger partial charge in [0, 0.05) is 45.2 Å². The second kappa shape index (κ2) is 6.32. The normalized spacial score (nSPS) is 15.2. The Morgan fingerprint density at radius 1 is 1.18 bits per heavy atom. The zero-order chi connectivity index (χ0) is 15.5. The average molecular weight is 299 g/mol. The number of hydrogen-bond donors (Lipinski definition) is 1. The number of fused-ring (bicyclic) bond motifs is 1. The molecule has 0 saturated carbocycles. The highest BCUT2D eigenvalue weighted by Crippen LogP contribution is 2.16. The summed E-state index contributed by atoms with van der Waals surface area (Å²) in [5, 5.41) is 4.27. The van der Waals surface area contributed by atoms with E-state index in [1.54, 1.807) is 10.6 Å². The van der Waals surface area contributed by atoms with Crippen molar-refractivity contribution in [3.05, 3.63) is 46.2 Å². The van der Waals surface area contributed by atoms with Crippen LogP contribution in [-0.4, -0.2) is 41.6 Å². The lowest BCUT2D eigenvalue weighted by atomic mass is 10.1. The molecule has 1 saturated heterocycles. The molecule has 0 bridgehead atoms. The minimum Gasteiger partial charge on any atom is -0.340 e. The van der Waals surface area contributed by atoms with E-state index in [0.29, 0.717) is 13.0 Å². The smallest absolute Gasteiger partial charge is 0.251 e. The van der Waals surface area contributed by atoms with Gasteiger partial charge in [0.25, 0.3) is 5.56 Å². The molecule has 116 valence electrons. The average Bonchev–Trinajstić information content (AvgIpc) is 2.55. The first-order valence-electron chi connectivity index (χ1n) is 7.74. The summed E-state index contributed by atoms with van der Waals surface area (Å²) in [5.41, 5.74) is 1.95. The molecule has 0 radical (unpaired) electrons. The number of nitrogens with one attached hydrogen (secondary N) is 1. The number of rotatable bonds is 3. The summed E-state index contributed by atoms with van der Waals surface area (Å²) in [6.45, 7) is 5.63. The molecule has 5 heteroatoms. The van der Waals surface area contributed by atoms with Gasteiger partial charge in [0.2, 0.25) is 5.91 Å². The van der Waals surface area contributed by atoms with Crippen molar-refractivity contribution >= 4 is 16.8 Å². The van der Waals surface area contributed by atoms with Crippen LogP contribution < -0.4 is 10.9 Å². The molecule has 0 spiro atoms. The molecule has 3 rings (SSSR count). The van der Waals surface area contributed by atoms with Crippen LogP contribution in [0.1, 0.15) is 12.0 Å². The first-order valence-corrected chi connectivity index (χ1v) is 7.74. The van der Waals surface area contributed by atoms with Gasteiger partial charge in [0.1, 0.15) is 0 Å². The number of hydrogen-bond acceptors (Lipinski definition) is 3. The maximum Gasteiger partial charge on any atom is 0.251 e. The maximum absolute atomic E-state index is 12.3. The third-order valence-electron chi connectivity index (χ3n) is 4.23. The van der Waals surface area contributed by atoms with Crippen molar-refractivity contribution in [2.45, 2.75) is 19.9 Å². The van der Waals surface area contributed by atoms with E-state index in [9.17, 15) is 9.59 Å². The number of nitrogens with zero attached hydrogens (tertiary/aromatic N) is 2. The van der Waals surface area contributed by atoms with E-state index < -0.39 is 0 Å². The Kier molecular flexibility index (Phi) is 4.24. The highest BCUT2D eigenvalue weighted by atomic mass is 16.2. The SMILES string of the molecule is Cc1cccc2ccc(=O)n(CCC(=O)N3CCNCC3)c12. The Bertz CT molecular complexity index is 745. The summed E-state index contributed by atoms with van der Waals surface area (Å²) in [4.78, 5) is 26.4. The Hall–Kier alpha value is -2.14. The fraction of sp³-hybridized carbons (Fsp3) is 0.412. The van der Waals surface area contributed by atoms with Crippen LogP contribution in [0.5, 0.6) is 0 Å². The van der Waals surface area contributed by atoms with Crippen molar-refractivity contribution in [3.8, 4) is 0 Å². The minimum absolute atomic E-state index is 0.0464. The molecule has 1 N–H and O–H groups in total. The van der Waals surface area contributed by atoms with Crippen LogP contribution in [0, 0.1) is 6.92 Å². The Morgan fingerprint density at radius 2 is 1.95 bits per heavy atom. The van der Waals surface area contributed by atoms with Gasteiger partial charge >= 0.3 is 0 Å². The highest BCUT2D eigenvalue weighted by molar-refractivity contribution is 5.82. The lowest BCUT2D eigenvalue weighted by Gasteiger charge is -2.27. The Balaban J connectivity index is 1.83. The molecule has 2 aromatic rings. The molecule has 1 aliphatic heterocycles. The van der Waals surface area contributed by atoms with Crippen molar-refractivity contribution in [1.82, 2.24) is 14.8 Å². The largest absolute Gasteiger partial charge is 0.340 e. The van der Waals surface area contributed by atoms with Gasteiger partial charge in [0.15, 0.2) is 0 Å². The lowest BCUT2D eigenvalue weighted by Crippen LogP contribution is -2.46. The summed E-state index contributed by atoms with van der Waals surface area (Å²) >= 11 is 0. The van der Waals surface area contributed by atoms with Crippen molar-refractivity contribution < 1.29 is 4.79 Å². The number of carbonyl (C=O) groups excluding carboxylic acids is 1. The number of aromatic nitrogens is 1. The third kappa shape index (κ3) is 2.90. The summed E-state index contributed by atoms with van der Waals surface area (Å²) in [5.74, 6) is 0.124. The summed E-state index contributed by atoms with van der Waals surface area (Å²) in [6.07, 6.45) is 0.368. The third-order valence-corrected chi connectivity index (χ3v) is 4.23. The van der Waals surface area contributed by atoms with Gasteiger partial charge in [-0.3, -0.25) is 9.59 Å². The number of piperazine rings is 1. The molecular formula is C17H21N3O2. The zero-order valence-electron chi connectivity index (χ0n) is 12.8. The van der Waals surface area contributed by atoms with Crippen molar-refractivity contribution in [3.63, 3.8) is 0 Å². The molecule has 1 aromatic heterocycles. The van der Waals surface area contributed by atoms with Gasteiger partial charge in [-0.05, 0) is 23.9 Å². The molecule has 1 amide bonds. The number of aryl methyl sites for hydroxylation is 2. The van der Waals surface area contributed by atoms with E-state index in [1.807, 2.05) is 36.1 Å². The molecule has 2 heterocycles. The van der Waals surface area contributed by atoms with Crippen molar-refractivity contribution in [2.75, 3.05) is 26.2 Å². The molecule has 1 aromatic carbocycles. The predicted molar refractivity (Wildman–Crippen MR) is 87.0 cm³/mol. The van der Waals surface area contributed by atoms with Crippen LogP contribution in [0.3, 0.4) is 0 Å². The fourth-order valence-corrected chi connectivity index (χ4v) is 3.05. The van der Waals surface area contributed by atoms with Crippen LogP contribution in [0.15, 0.2) is 35.1 Å². The van der Waals surface area contributed by atoms with E-state index in [0.717, 1.165) is 42.6 Å². The molecular weight excluding hydrogens is 278 g/mol. The Morgan fingerprint density at radius 3 is 2.73 bits per heavy atom. The second-order valence-electron chi connectivity index (χ2n) is 5.72. The lowest BCUT2D eigenvalue weighted by molar-refractivity contribution is -0.131.